The lowest BCUT2D eigenvalue weighted by Gasteiger charge is -2.49. The number of hydrogen-bond donors (Lipinski definition) is 1. The monoisotopic (exact) mass is 373 g/mol. The molecule has 1 amide bonds. The van der Waals surface area contributed by atoms with Crippen molar-refractivity contribution in [2.45, 2.75) is 38.3 Å². The molecule has 4 nitrogen and oxygen atoms in total. The molecular weight excluding hydrogens is 346 g/mol. The van der Waals surface area contributed by atoms with Crippen molar-refractivity contribution in [3.05, 3.63) is 60.3 Å². The third-order valence-electron chi connectivity index (χ3n) is 6.49. The van der Waals surface area contributed by atoms with E-state index in [9.17, 15) is 4.79 Å². The summed E-state index contributed by atoms with van der Waals surface area (Å²) in [7, 11) is 0. The molecule has 2 aliphatic rings. The number of nitrogens with one attached hydrogen (secondary N) is 1. The highest BCUT2D eigenvalue weighted by atomic mass is 16.2. The Bertz CT molecular complexity index is 1000. The van der Waals surface area contributed by atoms with Crippen LogP contribution in [0.15, 0.2) is 54.7 Å². The van der Waals surface area contributed by atoms with E-state index in [1.807, 2.05) is 29.3 Å². The summed E-state index contributed by atoms with van der Waals surface area (Å²) in [6.45, 7) is 5.24. The van der Waals surface area contributed by atoms with Crippen molar-refractivity contribution >= 4 is 16.8 Å². The number of nitrogens with zero attached hydrogens (tertiary/aromatic N) is 2. The molecule has 3 heterocycles. The SMILES string of the molecule is CC1CCCCN1C1CN(C(=O)c2cccc(-c3cccc4[nH]ccc34)c2)C1. The minimum absolute atomic E-state index is 0.156. The van der Waals surface area contributed by atoms with Gasteiger partial charge in [-0.1, -0.05) is 30.7 Å². The maximum Gasteiger partial charge on any atom is 0.253 e. The smallest absolute Gasteiger partial charge is 0.253 e. The highest BCUT2D eigenvalue weighted by Crippen LogP contribution is 2.30. The largest absolute Gasteiger partial charge is 0.361 e. The second-order valence-electron chi connectivity index (χ2n) is 8.27. The molecule has 2 aromatic carbocycles. The van der Waals surface area contributed by atoms with Crippen molar-refractivity contribution < 1.29 is 4.79 Å². The Hall–Kier alpha value is -2.59. The maximum atomic E-state index is 13.0. The number of amides is 1. The first kappa shape index (κ1) is 17.5. The van der Waals surface area contributed by atoms with Crippen molar-refractivity contribution in [2.24, 2.45) is 0 Å². The van der Waals surface area contributed by atoms with Crippen LogP contribution in [0.25, 0.3) is 22.0 Å². The molecule has 1 N–H and O–H groups in total. The fraction of sp³-hybridized carbons (Fsp3) is 0.375. The standard InChI is InChI=1S/C24H27N3O/c1-17-6-2-3-13-27(17)20-15-26(16-20)24(28)19-8-4-7-18(14-19)21-9-5-10-23-22(21)11-12-25-23/h4-5,7-12,14,17,20,25H,2-3,6,13,15-16H2,1H3. The van der Waals surface area contributed by atoms with Crippen LogP contribution in [-0.2, 0) is 0 Å². The van der Waals surface area contributed by atoms with Gasteiger partial charge in [-0.15, -0.1) is 0 Å². The number of H-pyrrole nitrogens is 1. The third kappa shape index (κ3) is 3.02. The van der Waals surface area contributed by atoms with E-state index >= 15 is 0 Å². The molecule has 0 bridgehead atoms. The van der Waals surface area contributed by atoms with E-state index < -0.39 is 0 Å². The Kier molecular flexibility index (Phi) is 4.44. The minimum Gasteiger partial charge on any atom is -0.361 e. The van der Waals surface area contributed by atoms with Gasteiger partial charge in [0.2, 0.25) is 0 Å². The van der Waals surface area contributed by atoms with Gasteiger partial charge < -0.3 is 9.88 Å². The van der Waals surface area contributed by atoms with Gasteiger partial charge in [0.1, 0.15) is 0 Å². The number of carbonyl (C=O) groups excluding carboxylic acids is 1. The van der Waals surface area contributed by atoms with Gasteiger partial charge in [0.05, 0.1) is 0 Å². The number of likely N-dealkylation sites (tertiary alicyclic amines) is 2. The lowest BCUT2D eigenvalue weighted by Crippen LogP contribution is -2.63. The topological polar surface area (TPSA) is 39.3 Å². The molecule has 4 heteroatoms. The number of rotatable bonds is 3. The molecule has 0 aliphatic carbocycles. The Balaban J connectivity index is 1.33. The first-order valence-electron chi connectivity index (χ1n) is 10.4. The zero-order valence-electron chi connectivity index (χ0n) is 16.4. The summed E-state index contributed by atoms with van der Waals surface area (Å²) >= 11 is 0. The zero-order chi connectivity index (χ0) is 19.1. The van der Waals surface area contributed by atoms with E-state index in [1.165, 1.54) is 31.2 Å². The van der Waals surface area contributed by atoms with Crippen LogP contribution in [0.1, 0.15) is 36.5 Å². The molecule has 0 radical (unpaired) electrons. The lowest BCUT2D eigenvalue weighted by atomic mass is 9.96. The molecule has 0 saturated carbocycles. The van der Waals surface area contributed by atoms with E-state index in [0.717, 1.165) is 35.3 Å². The van der Waals surface area contributed by atoms with Crippen LogP contribution >= 0.6 is 0 Å². The van der Waals surface area contributed by atoms with Gasteiger partial charge in [0, 0.05) is 47.8 Å². The summed E-state index contributed by atoms with van der Waals surface area (Å²) in [6, 6.07) is 17.6. The second kappa shape index (κ2) is 7.10. The summed E-state index contributed by atoms with van der Waals surface area (Å²) in [5, 5.41) is 1.19. The number of aromatic nitrogens is 1. The summed E-state index contributed by atoms with van der Waals surface area (Å²) in [6.07, 6.45) is 5.89. The number of benzene rings is 2. The predicted octanol–water partition coefficient (Wildman–Crippen LogP) is 4.53. The Labute approximate surface area is 166 Å². The number of fused-ring (bicyclic) bond motifs is 1. The summed E-state index contributed by atoms with van der Waals surface area (Å²) in [4.78, 5) is 20.9. The van der Waals surface area contributed by atoms with Crippen LogP contribution in [0.3, 0.4) is 0 Å². The van der Waals surface area contributed by atoms with Crippen LogP contribution in [0, 0.1) is 0 Å². The molecule has 0 spiro atoms. The lowest BCUT2D eigenvalue weighted by molar-refractivity contribution is 0.00213. The van der Waals surface area contributed by atoms with Gasteiger partial charge in [-0.2, -0.15) is 0 Å². The highest BCUT2D eigenvalue weighted by Gasteiger charge is 2.37. The number of piperidine rings is 1. The maximum absolute atomic E-state index is 13.0. The minimum atomic E-state index is 0.156. The second-order valence-corrected chi connectivity index (χ2v) is 8.27. The van der Waals surface area contributed by atoms with Gasteiger partial charge in [-0.3, -0.25) is 9.69 Å². The molecule has 3 aromatic rings. The molecular formula is C24H27N3O. The van der Waals surface area contributed by atoms with Crippen LogP contribution in [-0.4, -0.2) is 52.4 Å². The van der Waals surface area contributed by atoms with Crippen LogP contribution in [0.5, 0.6) is 0 Å². The third-order valence-corrected chi connectivity index (χ3v) is 6.49. The normalized spacial score (nSPS) is 21.0. The summed E-state index contributed by atoms with van der Waals surface area (Å²) in [5.41, 5.74) is 4.17. The van der Waals surface area contributed by atoms with Crippen molar-refractivity contribution in [3.63, 3.8) is 0 Å². The van der Waals surface area contributed by atoms with Crippen LogP contribution in [0.2, 0.25) is 0 Å². The molecule has 2 saturated heterocycles. The van der Waals surface area contributed by atoms with Crippen molar-refractivity contribution in [2.75, 3.05) is 19.6 Å². The van der Waals surface area contributed by atoms with E-state index in [-0.39, 0.29) is 5.91 Å². The van der Waals surface area contributed by atoms with Gasteiger partial charge >= 0.3 is 0 Å². The summed E-state index contributed by atoms with van der Waals surface area (Å²) < 4.78 is 0. The quantitative estimate of drug-likeness (QED) is 0.732. The van der Waals surface area contributed by atoms with Crippen molar-refractivity contribution in [1.29, 1.82) is 0 Å². The molecule has 2 fully saturated rings. The van der Waals surface area contributed by atoms with E-state index in [2.05, 4.69) is 47.1 Å². The van der Waals surface area contributed by atoms with E-state index in [1.54, 1.807) is 0 Å². The molecule has 2 aliphatic heterocycles. The van der Waals surface area contributed by atoms with Crippen molar-refractivity contribution in [1.82, 2.24) is 14.8 Å². The zero-order valence-corrected chi connectivity index (χ0v) is 16.4. The molecule has 1 unspecified atom stereocenters. The Morgan fingerprint density at radius 1 is 1.07 bits per heavy atom. The van der Waals surface area contributed by atoms with Gasteiger partial charge in [0.25, 0.3) is 5.91 Å². The molecule has 1 atom stereocenters. The summed E-state index contributed by atoms with van der Waals surface area (Å²) in [5.74, 6) is 0.156. The van der Waals surface area contributed by atoms with Crippen LogP contribution in [0.4, 0.5) is 0 Å². The van der Waals surface area contributed by atoms with E-state index in [4.69, 9.17) is 0 Å². The van der Waals surface area contributed by atoms with Gasteiger partial charge in [-0.05, 0) is 61.7 Å². The van der Waals surface area contributed by atoms with E-state index in [0.29, 0.717) is 12.1 Å². The molecule has 5 rings (SSSR count). The molecule has 1 aromatic heterocycles. The predicted molar refractivity (Wildman–Crippen MR) is 113 cm³/mol. The first-order valence-corrected chi connectivity index (χ1v) is 10.4. The fourth-order valence-electron chi connectivity index (χ4n) is 4.83. The molecule has 144 valence electrons. The van der Waals surface area contributed by atoms with Gasteiger partial charge in [0.15, 0.2) is 0 Å². The highest BCUT2D eigenvalue weighted by molar-refractivity contribution is 5.99. The number of carbonyl (C=O) groups is 1. The molecule has 28 heavy (non-hydrogen) atoms. The van der Waals surface area contributed by atoms with Crippen molar-refractivity contribution in [3.8, 4) is 11.1 Å². The average molecular weight is 374 g/mol. The number of aromatic amines is 1. The average Bonchev–Trinajstić information content (AvgIpc) is 3.17. The van der Waals surface area contributed by atoms with Gasteiger partial charge in [-0.25, -0.2) is 0 Å². The van der Waals surface area contributed by atoms with Crippen LogP contribution < -0.4 is 0 Å². The first-order chi connectivity index (χ1) is 13.7. The number of hydrogen-bond acceptors (Lipinski definition) is 2. The fourth-order valence-corrected chi connectivity index (χ4v) is 4.83. The Morgan fingerprint density at radius 3 is 2.79 bits per heavy atom. The Morgan fingerprint density at radius 2 is 1.93 bits per heavy atom.